The number of nitrogens with zero attached hydrogens (tertiary/aromatic N) is 7. The molecule has 2 aliphatic heterocycles. The fourth-order valence-corrected chi connectivity index (χ4v) is 6.70. The maximum absolute atomic E-state index is 13.1. The van der Waals surface area contributed by atoms with Crippen LogP contribution < -0.4 is 10.6 Å². The van der Waals surface area contributed by atoms with Crippen LogP contribution in [-0.2, 0) is 4.74 Å². The molecule has 2 saturated heterocycles. The first-order valence-electron chi connectivity index (χ1n) is 14.6. The van der Waals surface area contributed by atoms with Gasteiger partial charge in [0.25, 0.3) is 0 Å². The van der Waals surface area contributed by atoms with E-state index in [1.54, 1.807) is 4.90 Å². The predicted molar refractivity (Wildman–Crippen MR) is 159 cm³/mol. The highest BCUT2D eigenvalue weighted by Gasteiger charge is 2.36. The molecule has 3 fully saturated rings. The van der Waals surface area contributed by atoms with Crippen molar-refractivity contribution in [2.45, 2.75) is 43.9 Å². The van der Waals surface area contributed by atoms with Crippen LogP contribution in [-0.4, -0.2) is 81.5 Å². The summed E-state index contributed by atoms with van der Waals surface area (Å²) in [6.45, 7) is 4.98. The van der Waals surface area contributed by atoms with Gasteiger partial charge in [-0.3, -0.25) is 9.80 Å². The van der Waals surface area contributed by atoms with Gasteiger partial charge < -0.3 is 15.4 Å². The van der Waals surface area contributed by atoms with Crippen LogP contribution in [0.3, 0.4) is 0 Å². The lowest BCUT2D eigenvalue weighted by Crippen LogP contribution is -2.49. The third-order valence-electron chi connectivity index (χ3n) is 9.02. The smallest absolute Gasteiger partial charge is 0.415 e. The number of cyclic esters (lactones) is 1. The monoisotopic (exact) mass is 552 g/mol. The molecule has 4 aromatic rings. The molecule has 10 heteroatoms. The number of carbonyl (C=O) groups is 1. The number of benzene rings is 2. The number of hydrogen-bond acceptors (Lipinski definition) is 8. The summed E-state index contributed by atoms with van der Waals surface area (Å²) in [6, 6.07) is 18.5. The molecule has 0 radical (unpaired) electrons. The Labute approximate surface area is 239 Å². The molecule has 10 nitrogen and oxygen atoms in total. The Morgan fingerprint density at radius 1 is 0.878 bits per heavy atom. The van der Waals surface area contributed by atoms with Crippen molar-refractivity contribution in [2.24, 2.45) is 0 Å². The quantitative estimate of drug-likeness (QED) is 0.386. The summed E-state index contributed by atoms with van der Waals surface area (Å²) in [5.74, 6) is 0.392. The molecule has 2 aromatic heterocycles. The van der Waals surface area contributed by atoms with Crippen molar-refractivity contribution in [2.75, 3.05) is 50.4 Å². The number of hydrogen-bond donors (Lipinski definition) is 1. The Kier molecular flexibility index (Phi) is 6.80. The highest BCUT2D eigenvalue weighted by molar-refractivity contribution is 6.03. The first-order chi connectivity index (χ1) is 20.1. The van der Waals surface area contributed by atoms with Crippen molar-refractivity contribution in [3.8, 4) is 11.3 Å². The molecule has 7 rings (SSSR count). The molecule has 1 aliphatic carbocycles. The zero-order valence-corrected chi connectivity index (χ0v) is 23.4. The number of likely N-dealkylation sites (N-methyl/N-ethyl adjacent to an activating group) is 1. The standard InChI is InChI=1S/C31H36N8O2/c1-36-15-17-37(18-16-36)22-11-13-23(14-12-22)39-30-27(29(32)33-20-34-30)28(35-39)24-9-5-6-10-25(24)38-19-26(41-31(38)40)21-7-3-2-4-8-21/h2-10,20,22-23,26H,11-19H2,1H3,(H2,32,33,34). The van der Waals surface area contributed by atoms with E-state index in [9.17, 15) is 4.79 Å². The number of carbonyl (C=O) groups excluding carboxylic acids is 1. The molecule has 2 N–H and O–H groups in total. The highest BCUT2D eigenvalue weighted by Crippen LogP contribution is 2.41. The van der Waals surface area contributed by atoms with Gasteiger partial charge in [0.2, 0.25) is 0 Å². The van der Waals surface area contributed by atoms with E-state index in [4.69, 9.17) is 15.6 Å². The van der Waals surface area contributed by atoms with E-state index in [0.717, 1.165) is 79.7 Å². The minimum absolute atomic E-state index is 0.232. The number of rotatable bonds is 5. The van der Waals surface area contributed by atoms with Crippen LogP contribution in [0.15, 0.2) is 60.9 Å². The zero-order valence-electron chi connectivity index (χ0n) is 23.4. The molecule has 0 spiro atoms. The van der Waals surface area contributed by atoms with E-state index < -0.39 is 0 Å². The number of nitrogens with two attached hydrogens (primary N) is 1. The van der Waals surface area contributed by atoms with Gasteiger partial charge in [-0.15, -0.1) is 0 Å². The fraction of sp³-hybridized carbons (Fsp3) is 0.419. The zero-order chi connectivity index (χ0) is 27.9. The number of ether oxygens (including phenoxy) is 1. The molecule has 212 valence electrons. The highest BCUT2D eigenvalue weighted by atomic mass is 16.6. The van der Waals surface area contributed by atoms with E-state index >= 15 is 0 Å². The summed E-state index contributed by atoms with van der Waals surface area (Å²) >= 11 is 0. The van der Waals surface area contributed by atoms with Crippen molar-refractivity contribution >= 4 is 28.6 Å². The topological polar surface area (TPSA) is 106 Å². The van der Waals surface area contributed by atoms with Gasteiger partial charge in [0.15, 0.2) is 5.65 Å². The van der Waals surface area contributed by atoms with Crippen molar-refractivity contribution < 1.29 is 9.53 Å². The lowest BCUT2D eigenvalue weighted by molar-refractivity contribution is 0.0815. The van der Waals surface area contributed by atoms with Crippen molar-refractivity contribution in [1.29, 1.82) is 0 Å². The van der Waals surface area contributed by atoms with Crippen LogP contribution in [0.1, 0.15) is 43.4 Å². The average Bonchev–Trinajstić information content (AvgIpc) is 3.60. The van der Waals surface area contributed by atoms with Crippen LogP contribution >= 0.6 is 0 Å². The van der Waals surface area contributed by atoms with E-state index in [0.29, 0.717) is 24.1 Å². The largest absolute Gasteiger partial charge is 0.439 e. The molecule has 3 aliphatic rings. The normalized spacial score (nSPS) is 24.2. The summed E-state index contributed by atoms with van der Waals surface area (Å²) in [4.78, 5) is 28.9. The van der Waals surface area contributed by atoms with Crippen LogP contribution in [0.25, 0.3) is 22.3 Å². The Hall–Kier alpha value is -4.02. The summed E-state index contributed by atoms with van der Waals surface area (Å²) in [7, 11) is 2.20. The molecule has 4 heterocycles. The number of anilines is 2. The number of piperazine rings is 1. The van der Waals surface area contributed by atoms with E-state index in [1.165, 1.54) is 6.33 Å². The first-order valence-corrected chi connectivity index (χ1v) is 14.6. The second-order valence-corrected chi connectivity index (χ2v) is 11.5. The molecule has 1 saturated carbocycles. The third kappa shape index (κ3) is 4.81. The van der Waals surface area contributed by atoms with Gasteiger partial charge in [-0.25, -0.2) is 19.4 Å². The lowest BCUT2D eigenvalue weighted by Gasteiger charge is -2.41. The molecule has 0 bridgehead atoms. The van der Waals surface area contributed by atoms with Crippen molar-refractivity contribution in [1.82, 2.24) is 29.5 Å². The van der Waals surface area contributed by atoms with Gasteiger partial charge >= 0.3 is 6.09 Å². The number of para-hydroxylation sites is 1. The Bertz CT molecular complexity index is 1540. The van der Waals surface area contributed by atoms with Crippen molar-refractivity contribution in [3.05, 3.63) is 66.5 Å². The van der Waals surface area contributed by atoms with Crippen molar-refractivity contribution in [3.63, 3.8) is 0 Å². The van der Waals surface area contributed by atoms with Gasteiger partial charge in [0.05, 0.1) is 23.7 Å². The molecule has 1 amide bonds. The predicted octanol–water partition coefficient (Wildman–Crippen LogP) is 4.50. The number of aromatic nitrogens is 4. The molecule has 2 aromatic carbocycles. The summed E-state index contributed by atoms with van der Waals surface area (Å²) in [6.07, 6.45) is 5.16. The van der Waals surface area contributed by atoms with E-state index in [-0.39, 0.29) is 18.2 Å². The number of fused-ring (bicyclic) bond motifs is 1. The Balaban J connectivity index is 1.20. The molecular formula is C31H36N8O2. The molecule has 41 heavy (non-hydrogen) atoms. The lowest BCUT2D eigenvalue weighted by atomic mass is 9.90. The van der Waals surface area contributed by atoms with Gasteiger partial charge in [-0.2, -0.15) is 5.10 Å². The Morgan fingerprint density at radius 2 is 1.59 bits per heavy atom. The minimum Gasteiger partial charge on any atom is -0.439 e. The van der Waals surface area contributed by atoms with Gasteiger partial charge in [-0.05, 0) is 44.4 Å². The van der Waals surface area contributed by atoms with E-state index in [1.807, 2.05) is 54.6 Å². The fourth-order valence-electron chi connectivity index (χ4n) is 6.70. The number of nitrogen functional groups attached to an aromatic ring is 1. The van der Waals surface area contributed by atoms with Gasteiger partial charge in [0, 0.05) is 37.8 Å². The number of amides is 1. The molecule has 1 atom stereocenters. The summed E-state index contributed by atoms with van der Waals surface area (Å²) < 4.78 is 7.85. The van der Waals surface area contributed by atoms with Crippen LogP contribution in [0.4, 0.5) is 16.3 Å². The second-order valence-electron chi connectivity index (χ2n) is 11.5. The van der Waals surface area contributed by atoms with Crippen LogP contribution in [0, 0.1) is 0 Å². The maximum Gasteiger partial charge on any atom is 0.415 e. The first kappa shape index (κ1) is 25.9. The van der Waals surface area contributed by atoms with Crippen LogP contribution in [0.5, 0.6) is 0 Å². The second kappa shape index (κ2) is 10.8. The third-order valence-corrected chi connectivity index (χ3v) is 9.02. The average molecular weight is 553 g/mol. The summed E-state index contributed by atoms with van der Waals surface area (Å²) in [5.41, 5.74) is 10.5. The summed E-state index contributed by atoms with van der Waals surface area (Å²) in [5, 5.41) is 5.89. The van der Waals surface area contributed by atoms with Crippen LogP contribution in [0.2, 0.25) is 0 Å². The molecular weight excluding hydrogens is 516 g/mol. The van der Waals surface area contributed by atoms with Gasteiger partial charge in [0.1, 0.15) is 23.9 Å². The maximum atomic E-state index is 13.1. The molecule has 1 unspecified atom stereocenters. The minimum atomic E-state index is -0.374. The SMILES string of the molecule is CN1CCN(C2CCC(n3nc(-c4ccccc4N4CC(c5ccccc5)OC4=O)c4c(N)ncnc43)CC2)CC1. The Morgan fingerprint density at radius 3 is 2.37 bits per heavy atom. The van der Waals surface area contributed by atoms with E-state index in [2.05, 4.69) is 31.5 Å². The van der Waals surface area contributed by atoms with Gasteiger partial charge in [-0.1, -0.05) is 48.5 Å².